The Hall–Kier alpha value is -5.68. The molecule has 0 aliphatic heterocycles. The van der Waals surface area contributed by atoms with Gasteiger partial charge in [0.15, 0.2) is 0 Å². The van der Waals surface area contributed by atoms with Gasteiger partial charge in [0.25, 0.3) is 16.0 Å². The Labute approximate surface area is 340 Å². The Morgan fingerprint density at radius 3 is 0.810 bits per heavy atom. The van der Waals surface area contributed by atoms with Crippen LogP contribution < -0.4 is 18.9 Å². The molecule has 0 N–H and O–H groups in total. The van der Waals surface area contributed by atoms with Gasteiger partial charge in [-0.25, -0.2) is 0 Å². The highest BCUT2D eigenvalue weighted by atomic mass is 31.1. The fourth-order valence-electron chi connectivity index (χ4n) is 7.97. The molecule has 2 heterocycles. The Morgan fingerprint density at radius 1 is 0.328 bits per heavy atom. The predicted molar refractivity (Wildman–Crippen MR) is 238 cm³/mol. The lowest BCUT2D eigenvalue weighted by atomic mass is 9.93. The van der Waals surface area contributed by atoms with Gasteiger partial charge < -0.3 is 35.7 Å². The normalized spacial score (nSPS) is 11.4. The fourth-order valence-corrected chi connectivity index (χ4v) is 11.7. The van der Waals surface area contributed by atoms with E-state index in [1.165, 1.54) is 0 Å². The zero-order valence-corrected chi connectivity index (χ0v) is 36.9. The third kappa shape index (κ3) is 6.59. The number of rotatable bonds is 7. The van der Waals surface area contributed by atoms with Gasteiger partial charge >= 0.3 is 0 Å². The number of ether oxygens (including phenoxy) is 4. The molecule has 0 bridgehead atoms. The molecule has 58 heavy (non-hydrogen) atoms. The molecule has 8 rings (SSSR count). The predicted octanol–water partition coefficient (Wildman–Crippen LogP) is 15.0. The highest BCUT2D eigenvalue weighted by molar-refractivity contribution is 7.47. The van der Waals surface area contributed by atoms with Gasteiger partial charge in [-0.05, 0) is 148 Å². The first-order chi connectivity index (χ1) is 27.8. The van der Waals surface area contributed by atoms with Crippen LogP contribution in [0.15, 0.2) is 89.6 Å². The van der Waals surface area contributed by atoms with Crippen LogP contribution in [0.2, 0.25) is 0 Å². The molecule has 0 spiro atoms. The molecule has 0 atom stereocenters. The van der Waals surface area contributed by atoms with Gasteiger partial charge in [0.1, 0.15) is 45.3 Å². The summed E-state index contributed by atoms with van der Waals surface area (Å²) in [5.41, 5.74) is 13.1. The van der Waals surface area contributed by atoms with Gasteiger partial charge in [-0.2, -0.15) is 0 Å². The summed E-state index contributed by atoms with van der Waals surface area (Å²) in [5, 5.41) is 5.52. The maximum Gasteiger partial charge on any atom is 0.253 e. The lowest BCUT2D eigenvalue weighted by Gasteiger charge is -2.20. The third-order valence-corrected chi connectivity index (χ3v) is 14.3. The molecule has 6 aromatic carbocycles. The van der Waals surface area contributed by atoms with Gasteiger partial charge in [-0.15, -0.1) is 0 Å². The van der Waals surface area contributed by atoms with Crippen molar-refractivity contribution in [2.45, 2.75) is 55.4 Å². The fraction of sp³-hybridized carbons (Fsp3) is 0.250. The van der Waals surface area contributed by atoms with Crippen LogP contribution in [-0.2, 0) is 0 Å². The summed E-state index contributed by atoms with van der Waals surface area (Å²) < 4.78 is 51.8. The molecule has 0 unspecified atom stereocenters. The number of aryl methyl sites for hydroxylation is 8. The maximum absolute atomic E-state index is 7.19. The number of fused-ring (bicyclic) bond motifs is 6. The monoisotopic (exact) mass is 814 g/mol. The second-order valence-electron chi connectivity index (χ2n) is 15.0. The molecule has 298 valence electrons. The van der Waals surface area contributed by atoms with E-state index in [4.69, 9.17) is 35.7 Å². The number of benzene rings is 6. The van der Waals surface area contributed by atoms with Crippen molar-refractivity contribution in [2.75, 3.05) is 28.4 Å². The van der Waals surface area contributed by atoms with E-state index < -0.39 is 16.0 Å². The molecule has 0 aliphatic carbocycles. The van der Waals surface area contributed by atoms with Crippen molar-refractivity contribution in [3.05, 3.63) is 117 Å². The number of methoxy groups -OCH3 is 4. The minimum absolute atomic E-state index is 0.737. The molecule has 10 heteroatoms. The standard InChI is InChI=1S/C48H48O8P2/c1-25-13-15-27(3)47(57-53-43-29(5)17-33(49-9)21-37(43)38-22-34(50-10)18-30(6)44(38)54-57)41(25)42-26(2)14-16-28(4)48(42)58-55-45-31(7)19-35(51-11)23-39(45)40-24-36(52-12)20-32(8)46(40)56-58/h13-24H,1-12H3. The third-order valence-electron chi connectivity index (χ3n) is 11.0. The Bertz CT molecular complexity index is 2700. The Balaban J connectivity index is 1.53. The average Bonchev–Trinajstić information content (AvgIpc) is 3.48. The van der Waals surface area contributed by atoms with E-state index in [2.05, 4.69) is 52.0 Å². The van der Waals surface area contributed by atoms with Crippen LogP contribution >= 0.6 is 16.0 Å². The summed E-state index contributed by atoms with van der Waals surface area (Å²) in [7, 11) is 3.21. The molecule has 0 saturated carbocycles. The zero-order valence-electron chi connectivity index (χ0n) is 35.1. The summed E-state index contributed by atoms with van der Waals surface area (Å²) in [4.78, 5) is 0. The quantitative estimate of drug-likeness (QED) is 0.157. The van der Waals surface area contributed by atoms with Crippen molar-refractivity contribution >= 4 is 59.9 Å². The van der Waals surface area contributed by atoms with Crippen LogP contribution in [0.3, 0.4) is 0 Å². The van der Waals surface area contributed by atoms with Gasteiger partial charge in [0.05, 0.1) is 39.0 Å². The van der Waals surface area contributed by atoms with Crippen LogP contribution in [-0.4, -0.2) is 28.4 Å². The molecular weight excluding hydrogens is 766 g/mol. The lowest BCUT2D eigenvalue weighted by Crippen LogP contribution is -1.95. The Morgan fingerprint density at radius 2 is 0.569 bits per heavy atom. The smallest absolute Gasteiger partial charge is 0.253 e. The minimum atomic E-state index is -1.76. The van der Waals surface area contributed by atoms with Gasteiger partial charge in [-0.1, -0.05) is 24.3 Å². The number of hydrogen-bond acceptors (Lipinski definition) is 8. The van der Waals surface area contributed by atoms with Gasteiger partial charge in [0, 0.05) is 32.7 Å². The molecule has 8 aromatic rings. The molecule has 0 fully saturated rings. The summed E-state index contributed by atoms with van der Waals surface area (Å²) in [5.74, 6) is 2.95. The molecule has 8 nitrogen and oxygen atoms in total. The first-order valence-corrected chi connectivity index (χ1v) is 21.5. The second-order valence-corrected chi connectivity index (χ2v) is 17.7. The summed E-state index contributed by atoms with van der Waals surface area (Å²) in [6.45, 7) is 16.8. The molecule has 2 aromatic heterocycles. The SMILES string of the molecule is COc1cc(C)c2op(-c3c(C)ccc(C)c3-c3c(C)ccc(C)c3-p3oc4c(C)cc(OC)cc4c4cc(OC)cc(C)c4o3)oc3c(C)cc(OC)cc3c2c1. The highest BCUT2D eigenvalue weighted by Gasteiger charge is 2.27. The van der Waals surface area contributed by atoms with E-state index in [-0.39, 0.29) is 0 Å². The summed E-state index contributed by atoms with van der Waals surface area (Å²) in [6, 6.07) is 24.8. The van der Waals surface area contributed by atoms with Gasteiger partial charge in [-0.3, -0.25) is 0 Å². The minimum Gasteiger partial charge on any atom is -0.497 e. The second kappa shape index (κ2) is 15.2. The van der Waals surface area contributed by atoms with E-state index in [0.717, 1.165) is 133 Å². The van der Waals surface area contributed by atoms with Gasteiger partial charge in [0.2, 0.25) is 0 Å². The summed E-state index contributed by atoms with van der Waals surface area (Å²) >= 11 is 0. The lowest BCUT2D eigenvalue weighted by molar-refractivity contribution is 0.414. The van der Waals surface area contributed by atoms with Crippen molar-refractivity contribution < 1.29 is 35.7 Å². The van der Waals surface area contributed by atoms with E-state index in [1.54, 1.807) is 28.4 Å². The van der Waals surface area contributed by atoms with Crippen LogP contribution in [0.4, 0.5) is 0 Å². The first-order valence-electron chi connectivity index (χ1n) is 19.1. The number of hydrogen-bond donors (Lipinski definition) is 0. The molecule has 0 aliphatic rings. The van der Waals surface area contributed by atoms with Crippen molar-refractivity contribution in [1.29, 1.82) is 0 Å². The molecule has 0 saturated heterocycles. The maximum atomic E-state index is 7.19. The van der Waals surface area contributed by atoms with Crippen LogP contribution in [0.5, 0.6) is 23.0 Å². The molecular formula is C48H48O8P2. The largest absolute Gasteiger partial charge is 0.497 e. The highest BCUT2D eigenvalue weighted by Crippen LogP contribution is 2.57. The molecule has 0 radical (unpaired) electrons. The summed E-state index contributed by atoms with van der Waals surface area (Å²) in [6.07, 6.45) is 0. The van der Waals surface area contributed by atoms with Crippen molar-refractivity contribution in [3.63, 3.8) is 0 Å². The van der Waals surface area contributed by atoms with Crippen LogP contribution in [0, 0.1) is 55.4 Å². The van der Waals surface area contributed by atoms with Crippen molar-refractivity contribution in [3.8, 4) is 44.7 Å². The van der Waals surface area contributed by atoms with E-state index in [0.29, 0.717) is 0 Å². The topological polar surface area (TPSA) is 89.5 Å². The van der Waals surface area contributed by atoms with E-state index >= 15 is 0 Å². The van der Waals surface area contributed by atoms with E-state index in [1.807, 2.05) is 76.2 Å². The van der Waals surface area contributed by atoms with Crippen LogP contribution in [0.25, 0.3) is 65.6 Å². The van der Waals surface area contributed by atoms with Crippen LogP contribution in [0.1, 0.15) is 44.5 Å². The van der Waals surface area contributed by atoms with E-state index in [9.17, 15) is 0 Å². The zero-order chi connectivity index (χ0) is 41.2. The van der Waals surface area contributed by atoms with Crippen molar-refractivity contribution in [2.24, 2.45) is 0 Å². The first kappa shape index (κ1) is 39.2. The molecule has 0 amide bonds. The van der Waals surface area contributed by atoms with Crippen molar-refractivity contribution in [1.82, 2.24) is 0 Å². The average molecular weight is 815 g/mol. The Kier molecular flexibility index (Phi) is 10.3.